The molecule has 0 amide bonds. The molecule has 2 aromatic rings. The van der Waals surface area contributed by atoms with E-state index in [4.69, 9.17) is 11.6 Å². The van der Waals surface area contributed by atoms with Crippen molar-refractivity contribution in [2.75, 3.05) is 0 Å². The number of aromatic amines is 1. The predicted octanol–water partition coefficient (Wildman–Crippen LogP) is 2.84. The minimum atomic E-state index is 0.354. The molecule has 1 N–H and O–H groups in total. The number of hydrogen-bond acceptors (Lipinski definition) is 3. The number of aromatic nitrogens is 3. The minimum absolute atomic E-state index is 0.354. The number of rotatable bonds is 4. The number of benzene rings is 1. The Morgan fingerprint density at radius 1 is 1.27 bits per heavy atom. The standard InChI is InChI=1S/C10H10ClN3S/c11-6-9-12-10(14-13-9)7-15-8-4-2-1-3-5-8/h1-5H,6-7H2,(H,12,13,14). The lowest BCUT2D eigenvalue weighted by atomic mass is 10.4. The third-order valence-electron chi connectivity index (χ3n) is 1.82. The molecule has 0 fully saturated rings. The van der Waals surface area contributed by atoms with E-state index in [0.29, 0.717) is 11.7 Å². The van der Waals surface area contributed by atoms with Gasteiger partial charge in [-0.2, -0.15) is 5.10 Å². The first-order valence-electron chi connectivity index (χ1n) is 4.52. The first-order valence-corrected chi connectivity index (χ1v) is 6.04. The fourth-order valence-corrected chi connectivity index (χ4v) is 2.03. The molecule has 0 aliphatic carbocycles. The second-order valence-corrected chi connectivity index (χ2v) is 4.25. The van der Waals surface area contributed by atoms with Gasteiger partial charge in [-0.3, -0.25) is 5.10 Å². The van der Waals surface area contributed by atoms with Crippen molar-refractivity contribution in [1.82, 2.24) is 15.2 Å². The van der Waals surface area contributed by atoms with Crippen molar-refractivity contribution in [2.24, 2.45) is 0 Å². The number of nitrogens with one attached hydrogen (secondary N) is 1. The molecule has 1 aromatic heterocycles. The van der Waals surface area contributed by atoms with Crippen molar-refractivity contribution < 1.29 is 0 Å². The van der Waals surface area contributed by atoms with Crippen molar-refractivity contribution in [3.05, 3.63) is 42.0 Å². The summed E-state index contributed by atoms with van der Waals surface area (Å²) in [6.07, 6.45) is 0. The monoisotopic (exact) mass is 239 g/mol. The summed E-state index contributed by atoms with van der Waals surface area (Å²) in [5.74, 6) is 2.65. The average molecular weight is 240 g/mol. The smallest absolute Gasteiger partial charge is 0.165 e. The highest BCUT2D eigenvalue weighted by Crippen LogP contribution is 2.20. The highest BCUT2D eigenvalue weighted by atomic mass is 35.5. The van der Waals surface area contributed by atoms with Gasteiger partial charge in [0.05, 0.1) is 11.6 Å². The van der Waals surface area contributed by atoms with E-state index in [1.54, 1.807) is 11.8 Å². The Morgan fingerprint density at radius 2 is 2.07 bits per heavy atom. The molecule has 2 rings (SSSR count). The van der Waals surface area contributed by atoms with Gasteiger partial charge < -0.3 is 0 Å². The van der Waals surface area contributed by atoms with Gasteiger partial charge in [0.1, 0.15) is 5.82 Å². The summed E-state index contributed by atoms with van der Waals surface area (Å²) in [6, 6.07) is 10.2. The minimum Gasteiger partial charge on any atom is -0.262 e. The highest BCUT2D eigenvalue weighted by Gasteiger charge is 2.02. The molecule has 78 valence electrons. The molecule has 15 heavy (non-hydrogen) atoms. The molecule has 0 spiro atoms. The van der Waals surface area contributed by atoms with Crippen LogP contribution in [-0.2, 0) is 11.6 Å². The summed E-state index contributed by atoms with van der Waals surface area (Å²) in [7, 11) is 0. The van der Waals surface area contributed by atoms with Crippen LogP contribution < -0.4 is 0 Å². The van der Waals surface area contributed by atoms with Gasteiger partial charge in [-0.1, -0.05) is 18.2 Å². The lowest BCUT2D eigenvalue weighted by Crippen LogP contribution is -1.84. The van der Waals surface area contributed by atoms with Crippen LogP contribution in [0.5, 0.6) is 0 Å². The lowest BCUT2D eigenvalue weighted by Gasteiger charge is -1.97. The van der Waals surface area contributed by atoms with Crippen LogP contribution in [0.2, 0.25) is 0 Å². The number of alkyl halides is 1. The third kappa shape index (κ3) is 2.97. The predicted molar refractivity (Wildman–Crippen MR) is 61.9 cm³/mol. The Balaban J connectivity index is 1.93. The van der Waals surface area contributed by atoms with Gasteiger partial charge in [0.2, 0.25) is 0 Å². The Labute approximate surface area is 97.3 Å². The SMILES string of the molecule is ClCc1n[nH]c(CSc2ccccc2)n1. The van der Waals surface area contributed by atoms with Crippen LogP contribution in [0.3, 0.4) is 0 Å². The van der Waals surface area contributed by atoms with Gasteiger partial charge in [0.25, 0.3) is 0 Å². The molecule has 5 heteroatoms. The molecule has 0 saturated heterocycles. The van der Waals surface area contributed by atoms with Crippen molar-refractivity contribution in [3.8, 4) is 0 Å². The molecule has 1 heterocycles. The molecular formula is C10H10ClN3S. The zero-order valence-corrected chi connectivity index (χ0v) is 9.55. The summed E-state index contributed by atoms with van der Waals surface area (Å²) < 4.78 is 0. The van der Waals surface area contributed by atoms with Crippen LogP contribution in [0.4, 0.5) is 0 Å². The molecule has 1 aromatic carbocycles. The fourth-order valence-electron chi connectivity index (χ4n) is 1.13. The van der Waals surface area contributed by atoms with Crippen LogP contribution in [0, 0.1) is 0 Å². The third-order valence-corrected chi connectivity index (χ3v) is 3.08. The van der Waals surface area contributed by atoms with Gasteiger partial charge >= 0.3 is 0 Å². The molecule has 0 atom stereocenters. The summed E-state index contributed by atoms with van der Waals surface area (Å²) in [5, 5.41) is 6.83. The molecule has 0 bridgehead atoms. The maximum atomic E-state index is 5.61. The van der Waals surface area contributed by atoms with E-state index in [0.717, 1.165) is 11.6 Å². The highest BCUT2D eigenvalue weighted by molar-refractivity contribution is 7.98. The van der Waals surface area contributed by atoms with E-state index >= 15 is 0 Å². The van der Waals surface area contributed by atoms with Crippen molar-refractivity contribution >= 4 is 23.4 Å². The van der Waals surface area contributed by atoms with E-state index in [9.17, 15) is 0 Å². The number of nitrogens with zero attached hydrogens (tertiary/aromatic N) is 2. The van der Waals surface area contributed by atoms with Gasteiger partial charge in [-0.25, -0.2) is 4.98 Å². The second kappa shape index (κ2) is 5.19. The van der Waals surface area contributed by atoms with Crippen LogP contribution in [-0.4, -0.2) is 15.2 Å². The summed E-state index contributed by atoms with van der Waals surface area (Å²) in [5.41, 5.74) is 0. The molecular weight excluding hydrogens is 230 g/mol. The van der Waals surface area contributed by atoms with Gasteiger partial charge in [-0.05, 0) is 12.1 Å². The number of hydrogen-bond donors (Lipinski definition) is 1. The quantitative estimate of drug-likeness (QED) is 0.659. The Kier molecular flexibility index (Phi) is 3.64. The fraction of sp³-hybridized carbons (Fsp3) is 0.200. The molecule has 0 aliphatic rings. The summed E-state index contributed by atoms with van der Waals surface area (Å²) >= 11 is 7.33. The zero-order chi connectivity index (χ0) is 10.5. The topological polar surface area (TPSA) is 41.6 Å². The maximum absolute atomic E-state index is 5.61. The summed E-state index contributed by atoms with van der Waals surface area (Å²) in [4.78, 5) is 5.45. The Bertz CT molecular complexity index is 416. The average Bonchev–Trinajstić information content (AvgIpc) is 2.76. The normalized spacial score (nSPS) is 10.5. The van der Waals surface area contributed by atoms with Crippen molar-refractivity contribution in [2.45, 2.75) is 16.5 Å². The lowest BCUT2D eigenvalue weighted by molar-refractivity contribution is 1.00. The molecule has 0 aliphatic heterocycles. The number of halogens is 1. The van der Waals surface area contributed by atoms with Crippen molar-refractivity contribution in [3.63, 3.8) is 0 Å². The van der Waals surface area contributed by atoms with E-state index in [1.807, 2.05) is 18.2 Å². The van der Waals surface area contributed by atoms with Crippen LogP contribution >= 0.6 is 23.4 Å². The first-order chi connectivity index (χ1) is 7.38. The van der Waals surface area contributed by atoms with Gasteiger partial charge in [0.15, 0.2) is 5.82 Å². The number of H-pyrrole nitrogens is 1. The van der Waals surface area contributed by atoms with Gasteiger partial charge in [-0.15, -0.1) is 23.4 Å². The Morgan fingerprint density at radius 3 is 2.73 bits per heavy atom. The second-order valence-electron chi connectivity index (χ2n) is 2.93. The number of thioether (sulfide) groups is 1. The van der Waals surface area contributed by atoms with Gasteiger partial charge in [0, 0.05) is 4.90 Å². The Hall–Kier alpha value is -1.00. The maximum Gasteiger partial charge on any atom is 0.165 e. The van der Waals surface area contributed by atoms with E-state index in [2.05, 4.69) is 27.3 Å². The van der Waals surface area contributed by atoms with Crippen LogP contribution in [0.25, 0.3) is 0 Å². The van der Waals surface area contributed by atoms with E-state index in [1.165, 1.54) is 4.90 Å². The van der Waals surface area contributed by atoms with Crippen LogP contribution in [0.1, 0.15) is 11.6 Å². The largest absolute Gasteiger partial charge is 0.262 e. The van der Waals surface area contributed by atoms with Crippen molar-refractivity contribution in [1.29, 1.82) is 0 Å². The zero-order valence-electron chi connectivity index (χ0n) is 7.98. The summed E-state index contributed by atoms with van der Waals surface area (Å²) in [6.45, 7) is 0. The molecule has 3 nitrogen and oxygen atoms in total. The van der Waals surface area contributed by atoms with E-state index < -0.39 is 0 Å². The molecule has 0 unspecified atom stereocenters. The first kappa shape index (κ1) is 10.5. The van der Waals surface area contributed by atoms with E-state index in [-0.39, 0.29) is 0 Å². The molecule has 0 radical (unpaired) electrons. The molecule has 0 saturated carbocycles. The van der Waals surface area contributed by atoms with Crippen LogP contribution in [0.15, 0.2) is 35.2 Å².